The number of benzene rings is 2. The number of rotatable bonds is 8. The monoisotopic (exact) mass is 451 g/mol. The van der Waals surface area contributed by atoms with Crippen LogP contribution in [0.15, 0.2) is 49.1 Å². The van der Waals surface area contributed by atoms with Crippen LogP contribution in [0, 0.1) is 22.7 Å². The van der Waals surface area contributed by atoms with E-state index < -0.39 is 0 Å². The third kappa shape index (κ3) is 5.37. The molecule has 3 nitrogen and oxygen atoms in total. The highest BCUT2D eigenvalue weighted by Crippen LogP contribution is 2.65. The first kappa shape index (κ1) is 25.9. The third-order valence-corrected chi connectivity index (χ3v) is 8.92. The molecule has 3 N–H and O–H groups in total. The first-order chi connectivity index (χ1) is 15.8. The predicted molar refractivity (Wildman–Crippen MR) is 141 cm³/mol. The van der Waals surface area contributed by atoms with Crippen molar-refractivity contribution in [1.82, 2.24) is 5.32 Å². The molecule has 3 saturated carbocycles. The van der Waals surface area contributed by atoms with E-state index in [0.717, 1.165) is 12.3 Å². The van der Waals surface area contributed by atoms with Gasteiger partial charge >= 0.3 is 0 Å². The van der Waals surface area contributed by atoms with Crippen LogP contribution in [0.1, 0.15) is 70.4 Å². The summed E-state index contributed by atoms with van der Waals surface area (Å²) in [6.45, 7) is 15.4. The van der Waals surface area contributed by atoms with Gasteiger partial charge in [0.2, 0.25) is 0 Å². The highest BCUT2D eigenvalue weighted by atomic mass is 16.3. The molecule has 2 aromatic carbocycles. The number of aliphatic hydroxyl groups excluding tert-OH is 2. The van der Waals surface area contributed by atoms with Gasteiger partial charge in [0.05, 0.1) is 13.2 Å². The highest BCUT2D eigenvalue weighted by Gasteiger charge is 2.55. The lowest BCUT2D eigenvalue weighted by molar-refractivity contribution is -0.0815. The topological polar surface area (TPSA) is 52.5 Å². The first-order valence-electron chi connectivity index (χ1n) is 12.9. The van der Waals surface area contributed by atoms with E-state index in [9.17, 15) is 0 Å². The van der Waals surface area contributed by atoms with Crippen LogP contribution in [0.5, 0.6) is 0 Å². The van der Waals surface area contributed by atoms with E-state index in [2.05, 4.69) is 82.1 Å². The van der Waals surface area contributed by atoms with E-state index in [1.165, 1.54) is 42.0 Å². The molecule has 182 valence electrons. The number of hydrogen-bond donors (Lipinski definition) is 3. The molecule has 2 bridgehead atoms. The van der Waals surface area contributed by atoms with Gasteiger partial charge in [-0.3, -0.25) is 0 Å². The van der Waals surface area contributed by atoms with Crippen LogP contribution in [0.4, 0.5) is 0 Å². The highest BCUT2D eigenvalue weighted by molar-refractivity contribution is 5.87. The Bertz CT molecular complexity index is 921. The average molecular weight is 452 g/mol. The number of allylic oxidation sites excluding steroid dienone is 1. The van der Waals surface area contributed by atoms with Gasteiger partial charge in [-0.25, -0.2) is 0 Å². The molecule has 5 rings (SSSR count). The van der Waals surface area contributed by atoms with E-state index in [1.54, 1.807) is 5.56 Å². The van der Waals surface area contributed by atoms with E-state index in [-0.39, 0.29) is 13.2 Å². The Hall–Kier alpha value is -1.68. The molecule has 0 saturated heterocycles. The summed E-state index contributed by atoms with van der Waals surface area (Å²) in [7, 11) is 0. The fourth-order valence-corrected chi connectivity index (χ4v) is 6.70. The lowest BCUT2D eigenvalue weighted by atomic mass is 9.44. The van der Waals surface area contributed by atoms with Crippen molar-refractivity contribution >= 4 is 10.8 Å². The minimum atomic E-state index is 0.139. The van der Waals surface area contributed by atoms with E-state index in [4.69, 9.17) is 10.2 Å². The standard InChI is InChI=1S/C26H34.C4H11NO2/c1-6-19-11-12-20-9-8-10-23(24(20)15-19)18(3)26(5)17-25(4)14-13-22(26)16-21(25)7-2;6-3-1-5-2-4-7/h7-12,15,18,21-22H,2,6,13-14,16-17H2,1,3-5H3;5-7H,1-4H2/t18-,21+,22?,25-,26+;/m0./s1. The number of nitrogens with one attached hydrogen (secondary N) is 1. The lowest BCUT2D eigenvalue weighted by Gasteiger charge is -2.61. The fourth-order valence-electron chi connectivity index (χ4n) is 6.70. The Kier molecular flexibility index (Phi) is 8.77. The molecule has 0 amide bonds. The molecule has 5 atom stereocenters. The van der Waals surface area contributed by atoms with Crippen LogP contribution < -0.4 is 5.32 Å². The minimum absolute atomic E-state index is 0.139. The summed E-state index contributed by atoms with van der Waals surface area (Å²) in [5.41, 5.74) is 3.85. The van der Waals surface area contributed by atoms with Gasteiger partial charge in [-0.2, -0.15) is 0 Å². The third-order valence-electron chi connectivity index (χ3n) is 8.92. The smallest absolute Gasteiger partial charge is 0.0555 e. The maximum atomic E-state index is 8.15. The minimum Gasteiger partial charge on any atom is -0.395 e. The zero-order valence-corrected chi connectivity index (χ0v) is 21.2. The lowest BCUT2D eigenvalue weighted by Crippen LogP contribution is -2.51. The van der Waals surface area contributed by atoms with Crippen molar-refractivity contribution < 1.29 is 10.2 Å². The van der Waals surface area contributed by atoms with Gasteiger partial charge in [0.15, 0.2) is 0 Å². The quantitative estimate of drug-likeness (QED) is 0.336. The molecule has 0 spiro atoms. The molecule has 0 aromatic heterocycles. The van der Waals surface area contributed by atoms with E-state index in [1.807, 2.05) is 0 Å². The maximum absolute atomic E-state index is 8.15. The van der Waals surface area contributed by atoms with E-state index in [0.29, 0.717) is 35.8 Å². The summed E-state index contributed by atoms with van der Waals surface area (Å²) < 4.78 is 0. The van der Waals surface area contributed by atoms with Crippen LogP contribution >= 0.6 is 0 Å². The Morgan fingerprint density at radius 3 is 2.48 bits per heavy atom. The summed E-state index contributed by atoms with van der Waals surface area (Å²) in [4.78, 5) is 0. The SMILES string of the molecule is C=C[C@@H]1CC2CC[C@@]1(C)C[C@]2(C)[C@@H](C)c1cccc2ccc(CC)cc12.OCCNCCO. The van der Waals surface area contributed by atoms with Crippen molar-refractivity contribution in [1.29, 1.82) is 0 Å². The predicted octanol–water partition coefficient (Wildman–Crippen LogP) is 6.08. The van der Waals surface area contributed by atoms with Crippen molar-refractivity contribution in [3.63, 3.8) is 0 Å². The molecule has 0 heterocycles. The van der Waals surface area contributed by atoms with Crippen LogP contribution in [0.3, 0.4) is 0 Å². The number of aryl methyl sites for hydroxylation is 1. The summed E-state index contributed by atoms with van der Waals surface area (Å²) in [6.07, 6.45) is 8.82. The van der Waals surface area contributed by atoms with Crippen molar-refractivity contribution in [3.8, 4) is 0 Å². The molecule has 3 fully saturated rings. The van der Waals surface area contributed by atoms with Gasteiger partial charge in [0, 0.05) is 13.1 Å². The average Bonchev–Trinajstić information content (AvgIpc) is 2.83. The van der Waals surface area contributed by atoms with Crippen LogP contribution in [-0.2, 0) is 6.42 Å². The number of hydrogen-bond acceptors (Lipinski definition) is 3. The van der Waals surface area contributed by atoms with Gasteiger partial charge < -0.3 is 15.5 Å². The van der Waals surface area contributed by atoms with Gasteiger partial charge in [0.1, 0.15) is 0 Å². The molecular formula is C30H45NO2. The molecule has 3 aliphatic rings. The molecular weight excluding hydrogens is 406 g/mol. The number of aliphatic hydroxyl groups is 2. The molecule has 1 unspecified atom stereocenters. The van der Waals surface area contributed by atoms with Crippen LogP contribution in [0.25, 0.3) is 10.8 Å². The zero-order chi connectivity index (χ0) is 24.1. The Morgan fingerprint density at radius 1 is 1.15 bits per heavy atom. The Balaban J connectivity index is 0.000000383. The molecule has 2 aromatic rings. The summed E-state index contributed by atoms with van der Waals surface area (Å²) in [5, 5.41) is 22.0. The first-order valence-corrected chi connectivity index (χ1v) is 12.9. The van der Waals surface area contributed by atoms with Crippen LogP contribution in [-0.4, -0.2) is 36.5 Å². The van der Waals surface area contributed by atoms with Crippen molar-refractivity contribution in [2.75, 3.05) is 26.3 Å². The fraction of sp³-hybridized carbons (Fsp3) is 0.600. The van der Waals surface area contributed by atoms with Crippen molar-refractivity contribution in [2.45, 2.75) is 65.7 Å². The zero-order valence-electron chi connectivity index (χ0n) is 21.2. The summed E-state index contributed by atoms with van der Waals surface area (Å²) >= 11 is 0. The largest absolute Gasteiger partial charge is 0.395 e. The van der Waals surface area contributed by atoms with Gasteiger partial charge in [-0.15, -0.1) is 6.58 Å². The molecule has 33 heavy (non-hydrogen) atoms. The molecule has 0 aliphatic heterocycles. The molecule has 0 radical (unpaired) electrons. The maximum Gasteiger partial charge on any atom is 0.0555 e. The summed E-state index contributed by atoms with van der Waals surface area (Å²) in [6, 6.07) is 14.0. The molecule has 3 heteroatoms. The summed E-state index contributed by atoms with van der Waals surface area (Å²) in [5.74, 6) is 2.13. The second-order valence-electron chi connectivity index (χ2n) is 10.8. The normalized spacial score (nSPS) is 29.4. The Morgan fingerprint density at radius 2 is 1.88 bits per heavy atom. The van der Waals surface area contributed by atoms with Gasteiger partial charge in [-0.05, 0) is 82.6 Å². The van der Waals surface area contributed by atoms with E-state index >= 15 is 0 Å². The second kappa shape index (κ2) is 11.2. The second-order valence-corrected chi connectivity index (χ2v) is 10.8. The molecule has 3 aliphatic carbocycles. The van der Waals surface area contributed by atoms with Crippen LogP contribution in [0.2, 0.25) is 0 Å². The Labute approximate surface area is 201 Å². The van der Waals surface area contributed by atoms with Crippen molar-refractivity contribution in [3.05, 3.63) is 60.2 Å². The van der Waals surface area contributed by atoms with Gasteiger partial charge in [-0.1, -0.05) is 70.2 Å². The van der Waals surface area contributed by atoms with Gasteiger partial charge in [0.25, 0.3) is 0 Å². The van der Waals surface area contributed by atoms with Crippen molar-refractivity contribution in [2.24, 2.45) is 22.7 Å². The number of fused-ring (bicyclic) bond motifs is 4.